The van der Waals surface area contributed by atoms with E-state index < -0.39 is 0 Å². The van der Waals surface area contributed by atoms with Crippen LogP contribution in [0.25, 0.3) is 0 Å². The second-order valence-corrected chi connectivity index (χ2v) is 6.42. The van der Waals surface area contributed by atoms with Crippen molar-refractivity contribution in [1.82, 2.24) is 4.90 Å². The average Bonchev–Trinajstić information content (AvgIpc) is 2.36. The number of rotatable bonds is 5. The number of hydrogen-bond acceptors (Lipinski definition) is 3. The Morgan fingerprint density at radius 1 is 1.21 bits per heavy atom. The molecule has 0 radical (unpaired) electrons. The van der Waals surface area contributed by atoms with E-state index in [-0.39, 0.29) is 0 Å². The number of halogens is 1. The van der Waals surface area contributed by atoms with Crippen LogP contribution >= 0.6 is 22.6 Å². The molecule has 106 valence electrons. The van der Waals surface area contributed by atoms with Crippen molar-refractivity contribution in [1.29, 1.82) is 0 Å². The first-order valence-corrected chi connectivity index (χ1v) is 7.97. The molecule has 1 fully saturated rings. The summed E-state index contributed by atoms with van der Waals surface area (Å²) >= 11 is 2.30. The van der Waals surface area contributed by atoms with E-state index in [2.05, 4.69) is 53.5 Å². The van der Waals surface area contributed by atoms with Crippen molar-refractivity contribution >= 4 is 22.6 Å². The van der Waals surface area contributed by atoms with Crippen LogP contribution in [-0.4, -0.2) is 43.3 Å². The molecule has 1 aliphatic rings. The Morgan fingerprint density at radius 3 is 2.47 bits per heavy atom. The lowest BCUT2D eigenvalue weighted by molar-refractivity contribution is -0.0686. The van der Waals surface area contributed by atoms with Gasteiger partial charge in [0.25, 0.3) is 0 Å². The predicted molar refractivity (Wildman–Crippen MR) is 85.7 cm³/mol. The van der Waals surface area contributed by atoms with Gasteiger partial charge in [-0.05, 0) is 67.1 Å². The molecule has 19 heavy (non-hydrogen) atoms. The molecule has 0 aromatic heterocycles. The highest BCUT2D eigenvalue weighted by atomic mass is 127. The number of hydrogen-bond donors (Lipinski definition) is 0. The third-order valence-corrected chi connectivity index (χ3v) is 3.92. The van der Waals surface area contributed by atoms with Gasteiger partial charge in [-0.1, -0.05) is 0 Å². The van der Waals surface area contributed by atoms with Crippen molar-refractivity contribution in [3.8, 4) is 5.75 Å². The Bertz CT molecular complexity index is 372. The number of nitrogens with zero attached hydrogens (tertiary/aromatic N) is 1. The molecule has 1 aromatic carbocycles. The van der Waals surface area contributed by atoms with Gasteiger partial charge in [-0.3, -0.25) is 4.90 Å². The smallest absolute Gasteiger partial charge is 0.119 e. The summed E-state index contributed by atoms with van der Waals surface area (Å²) in [5.74, 6) is 0.962. The summed E-state index contributed by atoms with van der Waals surface area (Å²) in [6, 6.07) is 8.20. The van der Waals surface area contributed by atoms with Crippen LogP contribution < -0.4 is 4.74 Å². The molecule has 0 saturated carbocycles. The van der Waals surface area contributed by atoms with Gasteiger partial charge in [-0.15, -0.1) is 0 Å². The molecular weight excluding hydrogens is 353 g/mol. The van der Waals surface area contributed by atoms with E-state index in [0.29, 0.717) is 12.2 Å². The quantitative estimate of drug-likeness (QED) is 0.583. The second-order valence-electron chi connectivity index (χ2n) is 5.17. The van der Waals surface area contributed by atoms with E-state index in [9.17, 15) is 0 Å². The Morgan fingerprint density at radius 2 is 1.84 bits per heavy atom. The molecule has 1 aliphatic heterocycles. The molecule has 2 atom stereocenters. The van der Waals surface area contributed by atoms with Gasteiger partial charge in [0.05, 0.1) is 18.8 Å². The highest BCUT2D eigenvalue weighted by molar-refractivity contribution is 14.1. The van der Waals surface area contributed by atoms with E-state index in [1.54, 1.807) is 0 Å². The first kappa shape index (κ1) is 15.1. The lowest BCUT2D eigenvalue weighted by Crippen LogP contribution is -2.45. The molecular formula is C15H22INO2. The number of benzene rings is 1. The van der Waals surface area contributed by atoms with Gasteiger partial charge in [0.2, 0.25) is 0 Å². The van der Waals surface area contributed by atoms with Crippen molar-refractivity contribution in [2.24, 2.45) is 0 Å². The van der Waals surface area contributed by atoms with Gasteiger partial charge < -0.3 is 9.47 Å². The fraction of sp³-hybridized carbons (Fsp3) is 0.600. The summed E-state index contributed by atoms with van der Waals surface area (Å²) in [6.45, 7) is 8.22. The molecule has 2 rings (SSSR count). The van der Waals surface area contributed by atoms with Crippen molar-refractivity contribution in [2.45, 2.75) is 32.5 Å². The Balaban J connectivity index is 1.65. The van der Waals surface area contributed by atoms with Crippen molar-refractivity contribution < 1.29 is 9.47 Å². The number of ether oxygens (including phenoxy) is 2. The minimum absolute atomic E-state index is 0.348. The zero-order valence-electron chi connectivity index (χ0n) is 11.6. The maximum Gasteiger partial charge on any atom is 0.119 e. The fourth-order valence-corrected chi connectivity index (χ4v) is 2.84. The van der Waals surface area contributed by atoms with Gasteiger partial charge in [-0.2, -0.15) is 0 Å². The first-order chi connectivity index (χ1) is 9.13. The van der Waals surface area contributed by atoms with E-state index in [1.807, 2.05) is 12.1 Å². The Kier molecular flexibility index (Phi) is 5.91. The second kappa shape index (κ2) is 7.45. The van der Waals surface area contributed by atoms with E-state index in [0.717, 1.165) is 38.4 Å². The van der Waals surface area contributed by atoms with Gasteiger partial charge in [-0.25, -0.2) is 0 Å². The van der Waals surface area contributed by atoms with Gasteiger partial charge in [0, 0.05) is 23.2 Å². The van der Waals surface area contributed by atoms with Gasteiger partial charge in [0.1, 0.15) is 5.75 Å². The zero-order valence-corrected chi connectivity index (χ0v) is 13.8. The van der Waals surface area contributed by atoms with Crippen molar-refractivity contribution in [2.75, 3.05) is 26.2 Å². The van der Waals surface area contributed by atoms with Crippen LogP contribution in [0.1, 0.15) is 20.3 Å². The first-order valence-electron chi connectivity index (χ1n) is 6.89. The highest BCUT2D eigenvalue weighted by Gasteiger charge is 2.21. The number of morpholine rings is 1. The third kappa shape index (κ3) is 5.28. The standard InChI is InChI=1S/C15H22INO2/c1-12-10-17(11-13(2)19-12)8-3-9-18-15-6-4-14(16)5-7-15/h4-7,12-13H,3,8-11H2,1-2H3/t12-,13-/m0/s1. The normalized spacial score (nSPS) is 24.4. The van der Waals surface area contributed by atoms with Crippen molar-refractivity contribution in [3.05, 3.63) is 27.8 Å². The SMILES string of the molecule is C[C@H]1CN(CCCOc2ccc(I)cc2)C[C@H](C)O1. The van der Waals surface area contributed by atoms with E-state index in [4.69, 9.17) is 9.47 Å². The fourth-order valence-electron chi connectivity index (χ4n) is 2.48. The topological polar surface area (TPSA) is 21.7 Å². The molecule has 3 nitrogen and oxygen atoms in total. The van der Waals surface area contributed by atoms with Crippen LogP contribution in [0.3, 0.4) is 0 Å². The van der Waals surface area contributed by atoms with Crippen LogP contribution in [0.5, 0.6) is 5.75 Å². The Hall–Kier alpha value is -0.330. The molecule has 1 heterocycles. The summed E-state index contributed by atoms with van der Waals surface area (Å²) in [4.78, 5) is 2.47. The highest BCUT2D eigenvalue weighted by Crippen LogP contribution is 2.14. The average molecular weight is 375 g/mol. The molecule has 1 saturated heterocycles. The maximum atomic E-state index is 5.74. The van der Waals surface area contributed by atoms with E-state index in [1.165, 1.54) is 3.57 Å². The Labute approximate surface area is 129 Å². The van der Waals surface area contributed by atoms with Crippen molar-refractivity contribution in [3.63, 3.8) is 0 Å². The zero-order chi connectivity index (χ0) is 13.7. The minimum Gasteiger partial charge on any atom is -0.494 e. The van der Waals surface area contributed by atoms with Crippen LogP contribution in [0.2, 0.25) is 0 Å². The molecule has 0 N–H and O–H groups in total. The summed E-state index contributed by atoms with van der Waals surface area (Å²) in [7, 11) is 0. The summed E-state index contributed by atoms with van der Waals surface area (Å²) in [5, 5.41) is 0. The van der Waals surface area contributed by atoms with Crippen LogP contribution in [0.4, 0.5) is 0 Å². The monoisotopic (exact) mass is 375 g/mol. The molecule has 1 aromatic rings. The maximum absolute atomic E-state index is 5.74. The largest absolute Gasteiger partial charge is 0.494 e. The predicted octanol–water partition coefficient (Wildman–Crippen LogP) is 3.17. The van der Waals surface area contributed by atoms with E-state index >= 15 is 0 Å². The molecule has 0 bridgehead atoms. The molecule has 0 aliphatic carbocycles. The molecule has 0 spiro atoms. The lowest BCUT2D eigenvalue weighted by Gasteiger charge is -2.35. The van der Waals surface area contributed by atoms with Gasteiger partial charge >= 0.3 is 0 Å². The molecule has 0 amide bonds. The van der Waals surface area contributed by atoms with Crippen LogP contribution in [-0.2, 0) is 4.74 Å². The summed E-state index contributed by atoms with van der Waals surface area (Å²) in [6.07, 6.45) is 1.76. The summed E-state index contributed by atoms with van der Waals surface area (Å²) < 4.78 is 12.7. The minimum atomic E-state index is 0.348. The van der Waals surface area contributed by atoms with Crippen LogP contribution in [0, 0.1) is 3.57 Å². The van der Waals surface area contributed by atoms with Gasteiger partial charge in [0.15, 0.2) is 0 Å². The third-order valence-electron chi connectivity index (χ3n) is 3.20. The van der Waals surface area contributed by atoms with Crippen LogP contribution in [0.15, 0.2) is 24.3 Å². The lowest BCUT2D eigenvalue weighted by atomic mass is 10.2. The summed E-state index contributed by atoms with van der Waals surface area (Å²) in [5.41, 5.74) is 0. The molecule has 4 heteroatoms. The molecule has 0 unspecified atom stereocenters.